The van der Waals surface area contributed by atoms with Crippen LogP contribution in [0, 0.1) is 6.92 Å². The van der Waals surface area contributed by atoms with Crippen LogP contribution in [0.15, 0.2) is 78.1 Å². The molecule has 8 nitrogen and oxygen atoms in total. The molecule has 0 spiro atoms. The van der Waals surface area contributed by atoms with E-state index in [0.717, 1.165) is 10.9 Å². The zero-order valence-electron chi connectivity index (χ0n) is 20.1. The predicted octanol–water partition coefficient (Wildman–Crippen LogP) is 4.32. The van der Waals surface area contributed by atoms with Crippen molar-refractivity contribution in [3.63, 3.8) is 0 Å². The molecule has 0 aliphatic carbocycles. The minimum absolute atomic E-state index is 0.108. The maximum absolute atomic E-state index is 13.2. The van der Waals surface area contributed by atoms with Gasteiger partial charge in [-0.15, -0.1) is 0 Å². The van der Waals surface area contributed by atoms with Gasteiger partial charge in [0.05, 0.1) is 21.0 Å². The highest BCUT2D eigenvalue weighted by Gasteiger charge is 2.26. The maximum Gasteiger partial charge on any atom is 0.255 e. The summed E-state index contributed by atoms with van der Waals surface area (Å²) in [4.78, 5) is 38.3. The Kier molecular flexibility index (Phi) is 7.16. The lowest BCUT2D eigenvalue weighted by molar-refractivity contribution is 0.0535. The van der Waals surface area contributed by atoms with Gasteiger partial charge in [-0.3, -0.25) is 19.6 Å². The number of nitrogens with zero attached hydrogens (tertiary/aromatic N) is 4. The molecule has 188 valence electrons. The first kappa shape index (κ1) is 24.9. The van der Waals surface area contributed by atoms with E-state index in [4.69, 9.17) is 11.6 Å². The number of fused-ring (bicyclic) bond motifs is 1. The standard InChI is InChI=1S/C27H24ClN5O3S/c1-18-16-20(7-8-23(18)31-37(36)24-6-2-4-19-5-3-10-30-25(19)24)26(34)32-12-14-33(15-13-32)27(35)21-9-11-29-17-22(21)28/h2-11,16-17,31H,12-15H2,1H3. The zero-order valence-corrected chi connectivity index (χ0v) is 21.6. The van der Waals surface area contributed by atoms with Gasteiger partial charge < -0.3 is 14.5 Å². The molecule has 0 saturated carbocycles. The van der Waals surface area contributed by atoms with Crippen LogP contribution in [0.3, 0.4) is 0 Å². The number of hydrogen-bond donors (Lipinski definition) is 1. The number of benzene rings is 2. The van der Waals surface area contributed by atoms with Crippen LogP contribution in [0.1, 0.15) is 26.3 Å². The van der Waals surface area contributed by atoms with Crippen molar-refractivity contribution in [3.8, 4) is 0 Å². The highest BCUT2D eigenvalue weighted by Crippen LogP contribution is 2.24. The number of pyridine rings is 2. The number of aryl methyl sites for hydroxylation is 1. The number of para-hydroxylation sites is 1. The summed E-state index contributed by atoms with van der Waals surface area (Å²) in [6, 6.07) is 16.2. The number of nitrogens with one attached hydrogen (secondary N) is 1. The average Bonchev–Trinajstić information content (AvgIpc) is 2.93. The molecule has 1 aliphatic heterocycles. The topological polar surface area (TPSA) is 95.5 Å². The fraction of sp³-hybridized carbons (Fsp3) is 0.185. The van der Waals surface area contributed by atoms with E-state index < -0.39 is 11.0 Å². The summed E-state index contributed by atoms with van der Waals surface area (Å²) < 4.78 is 16.1. The molecule has 0 bridgehead atoms. The Morgan fingerprint density at radius 3 is 2.41 bits per heavy atom. The molecule has 4 aromatic rings. The van der Waals surface area contributed by atoms with Crippen molar-refractivity contribution in [3.05, 3.63) is 94.9 Å². The van der Waals surface area contributed by atoms with E-state index in [1.165, 1.54) is 12.4 Å². The van der Waals surface area contributed by atoms with Crippen molar-refractivity contribution in [2.24, 2.45) is 0 Å². The predicted molar refractivity (Wildman–Crippen MR) is 144 cm³/mol. The molecule has 0 radical (unpaired) electrons. The molecule has 37 heavy (non-hydrogen) atoms. The molecule has 2 aromatic heterocycles. The number of hydrogen-bond acceptors (Lipinski definition) is 5. The number of piperazine rings is 1. The lowest BCUT2D eigenvalue weighted by Crippen LogP contribution is -2.50. The molecule has 3 heterocycles. The smallest absolute Gasteiger partial charge is 0.255 e. The number of halogens is 1. The van der Waals surface area contributed by atoms with Gasteiger partial charge in [0, 0.05) is 61.4 Å². The third kappa shape index (κ3) is 5.19. The van der Waals surface area contributed by atoms with Gasteiger partial charge >= 0.3 is 0 Å². The Bertz CT molecular complexity index is 1520. The van der Waals surface area contributed by atoms with Crippen LogP contribution in [0.4, 0.5) is 5.69 Å². The first-order chi connectivity index (χ1) is 17.9. The summed E-state index contributed by atoms with van der Waals surface area (Å²) in [6.45, 7) is 3.54. The fourth-order valence-corrected chi connectivity index (χ4v) is 5.59. The van der Waals surface area contributed by atoms with Gasteiger partial charge in [0.1, 0.15) is 0 Å². The summed E-state index contributed by atoms with van der Waals surface area (Å²) in [5.74, 6) is -0.275. The minimum atomic E-state index is -1.53. The van der Waals surface area contributed by atoms with Gasteiger partial charge in [0.2, 0.25) is 0 Å². The average molecular weight is 534 g/mol. The van der Waals surface area contributed by atoms with Crippen molar-refractivity contribution < 1.29 is 13.8 Å². The van der Waals surface area contributed by atoms with E-state index >= 15 is 0 Å². The van der Waals surface area contributed by atoms with Gasteiger partial charge in [-0.2, -0.15) is 0 Å². The second kappa shape index (κ2) is 10.7. The largest absolute Gasteiger partial charge is 0.335 e. The zero-order chi connectivity index (χ0) is 25.9. The van der Waals surface area contributed by atoms with E-state index in [2.05, 4.69) is 14.7 Å². The molecule has 1 saturated heterocycles. The third-order valence-electron chi connectivity index (χ3n) is 6.33. The van der Waals surface area contributed by atoms with Crippen LogP contribution in [0.5, 0.6) is 0 Å². The summed E-state index contributed by atoms with van der Waals surface area (Å²) >= 11 is 6.12. The van der Waals surface area contributed by atoms with E-state index in [1.54, 1.807) is 46.3 Å². The Labute approximate surface area is 221 Å². The summed E-state index contributed by atoms with van der Waals surface area (Å²) in [6.07, 6.45) is 4.66. The highest BCUT2D eigenvalue weighted by atomic mass is 35.5. The number of aromatic nitrogens is 2. The van der Waals surface area contributed by atoms with Crippen molar-refractivity contribution in [1.29, 1.82) is 0 Å². The van der Waals surface area contributed by atoms with Gasteiger partial charge in [0.15, 0.2) is 11.0 Å². The SMILES string of the molecule is Cc1cc(C(=O)N2CCN(C(=O)c3ccncc3Cl)CC2)ccc1NS(=O)c1cccc2cccnc12. The van der Waals surface area contributed by atoms with Crippen LogP contribution in [-0.2, 0) is 11.0 Å². The van der Waals surface area contributed by atoms with Crippen LogP contribution < -0.4 is 4.72 Å². The van der Waals surface area contributed by atoms with Crippen molar-refractivity contribution >= 4 is 51.0 Å². The van der Waals surface area contributed by atoms with Crippen LogP contribution in [0.25, 0.3) is 10.9 Å². The minimum Gasteiger partial charge on any atom is -0.335 e. The fourth-order valence-electron chi connectivity index (χ4n) is 4.31. The Morgan fingerprint density at radius 2 is 1.68 bits per heavy atom. The lowest BCUT2D eigenvalue weighted by atomic mass is 10.1. The highest BCUT2D eigenvalue weighted by molar-refractivity contribution is 7.86. The molecule has 10 heteroatoms. The van der Waals surface area contributed by atoms with Gasteiger partial charge in [0.25, 0.3) is 11.8 Å². The number of anilines is 1. The Hall–Kier alpha value is -3.82. The van der Waals surface area contributed by atoms with Crippen LogP contribution in [0.2, 0.25) is 5.02 Å². The summed E-state index contributed by atoms with van der Waals surface area (Å²) in [7, 11) is -1.53. The molecule has 5 rings (SSSR count). The molecular weight excluding hydrogens is 510 g/mol. The number of rotatable bonds is 5. The monoisotopic (exact) mass is 533 g/mol. The van der Waals surface area contributed by atoms with Gasteiger partial charge in [-0.05, 0) is 48.9 Å². The Balaban J connectivity index is 1.24. The molecule has 1 N–H and O–H groups in total. The van der Waals surface area contributed by atoms with Crippen molar-refractivity contribution in [2.45, 2.75) is 11.8 Å². The molecular formula is C27H24ClN5O3S. The third-order valence-corrected chi connectivity index (χ3v) is 7.76. The van der Waals surface area contributed by atoms with Crippen molar-refractivity contribution in [1.82, 2.24) is 19.8 Å². The second-order valence-electron chi connectivity index (χ2n) is 8.67. The lowest BCUT2D eigenvalue weighted by Gasteiger charge is -2.35. The maximum atomic E-state index is 13.2. The second-order valence-corrected chi connectivity index (χ2v) is 10.3. The van der Waals surface area contributed by atoms with E-state index in [0.29, 0.717) is 58.4 Å². The molecule has 2 amide bonds. The quantitative estimate of drug-likeness (QED) is 0.412. The molecule has 2 aromatic carbocycles. The molecule has 1 aliphatic rings. The first-order valence-corrected chi connectivity index (χ1v) is 13.3. The van der Waals surface area contributed by atoms with E-state index in [9.17, 15) is 13.8 Å². The number of amides is 2. The molecule has 1 atom stereocenters. The number of carbonyl (C=O) groups is 2. The van der Waals surface area contributed by atoms with Crippen molar-refractivity contribution in [2.75, 3.05) is 30.9 Å². The van der Waals surface area contributed by atoms with E-state index in [-0.39, 0.29) is 11.8 Å². The van der Waals surface area contributed by atoms with Crippen LogP contribution >= 0.6 is 11.6 Å². The van der Waals surface area contributed by atoms with Gasteiger partial charge in [-0.1, -0.05) is 29.8 Å². The molecule has 1 unspecified atom stereocenters. The van der Waals surface area contributed by atoms with Gasteiger partial charge in [-0.25, -0.2) is 4.21 Å². The van der Waals surface area contributed by atoms with Crippen LogP contribution in [-0.4, -0.2) is 62.0 Å². The molecule has 1 fully saturated rings. The normalized spacial score (nSPS) is 14.4. The summed E-state index contributed by atoms with van der Waals surface area (Å²) in [5, 5.41) is 1.23. The van der Waals surface area contributed by atoms with E-state index in [1.807, 2.05) is 31.2 Å². The number of carbonyl (C=O) groups excluding carboxylic acids is 2. The summed E-state index contributed by atoms with van der Waals surface area (Å²) in [5.41, 5.74) is 3.11. The Morgan fingerprint density at radius 1 is 0.946 bits per heavy atom. The first-order valence-electron chi connectivity index (χ1n) is 11.7.